The van der Waals surface area contributed by atoms with Crippen LogP contribution in [0.1, 0.15) is 51.6 Å². The molecule has 0 heterocycles. The Kier molecular flexibility index (Phi) is 5.97. The average Bonchev–Trinajstić information content (AvgIpc) is 2.37. The van der Waals surface area contributed by atoms with Crippen molar-refractivity contribution in [2.45, 2.75) is 57.0 Å². The Balaban J connectivity index is 2.75. The number of hydrogen-bond acceptors (Lipinski definition) is 3. The third-order valence-corrected chi connectivity index (χ3v) is 4.25. The molecule has 4 nitrogen and oxygen atoms in total. The monoisotopic (exact) mass is 284 g/mol. The maximum absolute atomic E-state index is 11.2. The standard InChI is InChI=1S/C14H24N2O2S/c1-4-6-13(5-2)16-11(3)12-7-9-14(10-8-12)19(15,17)18/h7-11,13,16H,4-6H2,1-3H3,(H2,15,17,18). The third-order valence-electron chi connectivity index (χ3n) is 3.32. The molecule has 0 spiro atoms. The van der Waals surface area contributed by atoms with Gasteiger partial charge in [0, 0.05) is 12.1 Å². The summed E-state index contributed by atoms with van der Waals surface area (Å²) >= 11 is 0. The molecule has 1 aromatic carbocycles. The lowest BCUT2D eigenvalue weighted by molar-refractivity contribution is 0.417. The van der Waals surface area contributed by atoms with Crippen molar-refractivity contribution in [3.05, 3.63) is 29.8 Å². The van der Waals surface area contributed by atoms with Gasteiger partial charge in [0.2, 0.25) is 10.0 Å². The molecule has 5 heteroatoms. The molecule has 0 radical (unpaired) electrons. The van der Waals surface area contributed by atoms with E-state index in [1.165, 1.54) is 0 Å². The molecular weight excluding hydrogens is 260 g/mol. The van der Waals surface area contributed by atoms with Gasteiger partial charge in [-0.15, -0.1) is 0 Å². The van der Waals surface area contributed by atoms with E-state index in [0.29, 0.717) is 6.04 Å². The molecule has 1 rings (SSSR count). The normalized spacial score (nSPS) is 15.2. The molecule has 0 bridgehead atoms. The summed E-state index contributed by atoms with van der Waals surface area (Å²) in [5.74, 6) is 0. The van der Waals surface area contributed by atoms with Gasteiger partial charge in [-0.3, -0.25) is 0 Å². The van der Waals surface area contributed by atoms with Crippen molar-refractivity contribution in [1.82, 2.24) is 5.32 Å². The van der Waals surface area contributed by atoms with E-state index in [1.807, 2.05) is 12.1 Å². The van der Waals surface area contributed by atoms with Crippen molar-refractivity contribution in [3.8, 4) is 0 Å². The van der Waals surface area contributed by atoms with Gasteiger partial charge in [0.1, 0.15) is 0 Å². The molecule has 2 unspecified atom stereocenters. The van der Waals surface area contributed by atoms with Crippen LogP contribution in [0.3, 0.4) is 0 Å². The molecule has 0 aliphatic carbocycles. The third kappa shape index (κ3) is 4.93. The largest absolute Gasteiger partial charge is 0.307 e. The minimum absolute atomic E-state index is 0.157. The molecule has 0 amide bonds. The lowest BCUT2D eigenvalue weighted by Gasteiger charge is -2.22. The summed E-state index contributed by atoms with van der Waals surface area (Å²) < 4.78 is 22.4. The van der Waals surface area contributed by atoms with Crippen LogP contribution in [0.15, 0.2) is 29.2 Å². The SMILES string of the molecule is CCCC(CC)NC(C)c1ccc(S(N)(=O)=O)cc1. The van der Waals surface area contributed by atoms with E-state index in [-0.39, 0.29) is 10.9 Å². The van der Waals surface area contributed by atoms with Gasteiger partial charge in [-0.25, -0.2) is 13.6 Å². The molecular formula is C14H24N2O2S. The Bertz CT molecular complexity index is 483. The zero-order valence-corrected chi connectivity index (χ0v) is 12.7. The number of nitrogens with two attached hydrogens (primary N) is 1. The van der Waals surface area contributed by atoms with Gasteiger partial charge in [-0.2, -0.15) is 0 Å². The number of hydrogen-bond donors (Lipinski definition) is 2. The number of nitrogens with one attached hydrogen (secondary N) is 1. The first-order valence-electron chi connectivity index (χ1n) is 6.77. The molecule has 2 atom stereocenters. The van der Waals surface area contributed by atoms with E-state index >= 15 is 0 Å². The van der Waals surface area contributed by atoms with E-state index in [4.69, 9.17) is 5.14 Å². The Morgan fingerprint density at radius 2 is 1.79 bits per heavy atom. The Hall–Kier alpha value is -0.910. The first-order valence-corrected chi connectivity index (χ1v) is 8.31. The highest BCUT2D eigenvalue weighted by molar-refractivity contribution is 7.89. The molecule has 0 aliphatic rings. The second-order valence-corrected chi connectivity index (χ2v) is 6.46. The van der Waals surface area contributed by atoms with E-state index in [2.05, 4.69) is 26.1 Å². The number of sulfonamides is 1. The molecule has 3 N–H and O–H groups in total. The molecule has 0 aromatic heterocycles. The highest BCUT2D eigenvalue weighted by atomic mass is 32.2. The second-order valence-electron chi connectivity index (χ2n) is 4.90. The number of primary sulfonamides is 1. The summed E-state index contributed by atoms with van der Waals surface area (Å²) in [5.41, 5.74) is 1.07. The van der Waals surface area contributed by atoms with Crippen molar-refractivity contribution < 1.29 is 8.42 Å². The van der Waals surface area contributed by atoms with Crippen LogP contribution in [0.4, 0.5) is 0 Å². The minimum atomic E-state index is -3.60. The van der Waals surface area contributed by atoms with E-state index < -0.39 is 10.0 Å². The first kappa shape index (κ1) is 16.1. The molecule has 0 aliphatic heterocycles. The zero-order chi connectivity index (χ0) is 14.5. The summed E-state index contributed by atoms with van der Waals surface area (Å²) in [6.45, 7) is 6.43. The summed E-state index contributed by atoms with van der Waals surface area (Å²) in [4.78, 5) is 0.157. The van der Waals surface area contributed by atoms with Gasteiger partial charge < -0.3 is 5.32 Å². The fraction of sp³-hybridized carbons (Fsp3) is 0.571. The van der Waals surface area contributed by atoms with Crippen LogP contribution in [0.5, 0.6) is 0 Å². The zero-order valence-electron chi connectivity index (χ0n) is 11.9. The lowest BCUT2D eigenvalue weighted by Crippen LogP contribution is -2.30. The van der Waals surface area contributed by atoms with Gasteiger partial charge in [-0.1, -0.05) is 32.4 Å². The van der Waals surface area contributed by atoms with Gasteiger partial charge in [0.25, 0.3) is 0 Å². The quantitative estimate of drug-likeness (QED) is 0.808. The van der Waals surface area contributed by atoms with Crippen LogP contribution in [0.25, 0.3) is 0 Å². The number of rotatable bonds is 7. The predicted molar refractivity (Wildman–Crippen MR) is 78.4 cm³/mol. The van der Waals surface area contributed by atoms with Crippen molar-refractivity contribution in [2.24, 2.45) is 5.14 Å². The van der Waals surface area contributed by atoms with Gasteiger partial charge in [0.05, 0.1) is 4.90 Å². The van der Waals surface area contributed by atoms with Crippen molar-refractivity contribution >= 4 is 10.0 Å². The van der Waals surface area contributed by atoms with Crippen LogP contribution in [0.2, 0.25) is 0 Å². The average molecular weight is 284 g/mol. The maximum atomic E-state index is 11.2. The van der Waals surface area contributed by atoms with Gasteiger partial charge in [-0.05, 0) is 37.5 Å². The van der Waals surface area contributed by atoms with Crippen molar-refractivity contribution in [3.63, 3.8) is 0 Å². The Morgan fingerprint density at radius 1 is 1.21 bits per heavy atom. The topological polar surface area (TPSA) is 72.2 Å². The maximum Gasteiger partial charge on any atom is 0.238 e. The highest BCUT2D eigenvalue weighted by Crippen LogP contribution is 2.17. The van der Waals surface area contributed by atoms with E-state index in [1.54, 1.807) is 12.1 Å². The van der Waals surface area contributed by atoms with Crippen LogP contribution < -0.4 is 10.5 Å². The Labute approximate surface area is 116 Å². The molecule has 19 heavy (non-hydrogen) atoms. The second kappa shape index (κ2) is 7.03. The fourth-order valence-electron chi connectivity index (χ4n) is 2.15. The molecule has 1 aromatic rings. The van der Waals surface area contributed by atoms with Crippen molar-refractivity contribution in [1.29, 1.82) is 0 Å². The van der Waals surface area contributed by atoms with Crippen molar-refractivity contribution in [2.75, 3.05) is 0 Å². The van der Waals surface area contributed by atoms with Crippen LogP contribution >= 0.6 is 0 Å². The van der Waals surface area contributed by atoms with Crippen LogP contribution in [-0.2, 0) is 10.0 Å². The summed E-state index contributed by atoms with van der Waals surface area (Å²) in [6, 6.07) is 7.45. The van der Waals surface area contributed by atoms with Gasteiger partial charge >= 0.3 is 0 Å². The molecule has 0 fully saturated rings. The van der Waals surface area contributed by atoms with Crippen LogP contribution in [0, 0.1) is 0 Å². The van der Waals surface area contributed by atoms with Gasteiger partial charge in [0.15, 0.2) is 0 Å². The summed E-state index contributed by atoms with van der Waals surface area (Å²) in [6.07, 6.45) is 3.39. The van der Waals surface area contributed by atoms with E-state index in [0.717, 1.165) is 24.8 Å². The molecule has 0 saturated carbocycles. The Morgan fingerprint density at radius 3 is 2.21 bits per heavy atom. The van der Waals surface area contributed by atoms with Crippen LogP contribution in [-0.4, -0.2) is 14.5 Å². The molecule has 108 valence electrons. The molecule has 0 saturated heterocycles. The summed E-state index contributed by atoms with van der Waals surface area (Å²) in [7, 11) is -3.60. The fourth-order valence-corrected chi connectivity index (χ4v) is 2.67. The van der Waals surface area contributed by atoms with E-state index in [9.17, 15) is 8.42 Å². The highest BCUT2D eigenvalue weighted by Gasteiger charge is 2.12. The minimum Gasteiger partial charge on any atom is -0.307 e. The summed E-state index contributed by atoms with van der Waals surface area (Å²) in [5, 5.41) is 8.64. The predicted octanol–water partition coefficient (Wildman–Crippen LogP) is 2.56. The lowest BCUT2D eigenvalue weighted by atomic mass is 10.0. The first-order chi connectivity index (χ1) is 8.88. The smallest absolute Gasteiger partial charge is 0.238 e. The number of benzene rings is 1.